The molecule has 70 heavy (non-hydrogen) atoms. The second-order valence-electron chi connectivity index (χ2n) is 17.3. The molecule has 1 saturated carbocycles. The zero-order valence-corrected chi connectivity index (χ0v) is 40.2. The molecule has 1 heterocycles. The van der Waals surface area contributed by atoms with Crippen LogP contribution in [-0.2, 0) is 38.0 Å². The monoisotopic (exact) mass is 980 g/mol. The first-order chi connectivity index (χ1) is 33.6. The number of hydrogen-bond acceptors (Lipinski definition) is 13. The third-order valence-electron chi connectivity index (χ3n) is 11.9. The molecule has 18 heteroatoms. The standard InChI is InChI=1S/C50H62N2O11.C2HF3O2/c1-51(2)36-16-19-41-46(32-36)63-47-33-37(52(3)4)17-20-42(47)49(41)43-31-35(15-18-40(43)50(55)56)45(53)13-9-21-57-23-25-59-27-29-61-30-28-60-26-24-58-22-10-14-48(54)62-34-44-38-11-7-5-6-8-12-39(38)44;3-2(4,5)1(6)7/h15-20,31-33,38-39,44H,7-14,21-30,34H2,1-4H3;(H,6,7)/t38-,39+,44?;. The van der Waals surface area contributed by atoms with Gasteiger partial charge in [0.15, 0.2) is 5.78 Å². The van der Waals surface area contributed by atoms with E-state index in [1.54, 1.807) is 12.1 Å². The molecule has 0 radical (unpaired) electrons. The van der Waals surface area contributed by atoms with Crippen LogP contribution in [0.15, 0.2) is 59.0 Å². The number of nitrogens with zero attached hydrogens (tertiary/aromatic N) is 2. The first-order valence-corrected chi connectivity index (χ1v) is 23.4. The predicted molar refractivity (Wildman–Crippen MR) is 252 cm³/mol. The molecule has 1 aliphatic heterocycles. The Morgan fingerprint density at radius 2 is 1.31 bits per heavy atom. The van der Waals surface area contributed by atoms with E-state index in [9.17, 15) is 32.7 Å². The van der Waals surface area contributed by atoms with Crippen LogP contribution >= 0.6 is 0 Å². The van der Waals surface area contributed by atoms with Crippen molar-refractivity contribution >= 4 is 40.3 Å². The highest BCUT2D eigenvalue weighted by atomic mass is 19.4. The van der Waals surface area contributed by atoms with Gasteiger partial charge in [-0.15, -0.1) is 11.8 Å². The Labute approximate surface area is 405 Å². The van der Waals surface area contributed by atoms with Crippen LogP contribution in [0.2, 0.25) is 0 Å². The van der Waals surface area contributed by atoms with Crippen molar-refractivity contribution in [1.29, 1.82) is 0 Å². The molecule has 0 spiro atoms. The van der Waals surface area contributed by atoms with Gasteiger partial charge >= 0.3 is 18.1 Å². The molecule has 0 amide bonds. The van der Waals surface area contributed by atoms with E-state index in [-0.39, 0.29) is 23.7 Å². The SMILES string of the molecule is CN(C)c1ccc2c(-c3cc(C(=O)CCCOCCOCCOCCOCCOCCCC(=O)OCC4[C@H]5CCC#CCC[C@@H]45)ccc3C(=O)O)c3ccc(=[N+](C)C)cc-3oc2c1.O=C([O-])C(F)(F)F. The van der Waals surface area contributed by atoms with Crippen molar-refractivity contribution in [3.05, 3.63) is 71.1 Å². The van der Waals surface area contributed by atoms with Gasteiger partial charge in [-0.1, -0.05) is 6.07 Å². The van der Waals surface area contributed by atoms with E-state index >= 15 is 0 Å². The van der Waals surface area contributed by atoms with Crippen molar-refractivity contribution in [2.45, 2.75) is 57.5 Å². The van der Waals surface area contributed by atoms with E-state index in [1.807, 2.05) is 74.1 Å². The van der Waals surface area contributed by atoms with Gasteiger partial charge in [-0.2, -0.15) is 13.2 Å². The van der Waals surface area contributed by atoms with E-state index in [1.165, 1.54) is 6.07 Å². The summed E-state index contributed by atoms with van der Waals surface area (Å²) in [5, 5.41) is 20.8. The number of carboxylic acids is 2. The normalized spacial score (nSPS) is 16.2. The molecular weight excluding hydrogens is 918 g/mol. The highest BCUT2D eigenvalue weighted by Crippen LogP contribution is 2.52. The number of fused-ring (bicyclic) bond motifs is 3. The first kappa shape index (κ1) is 55.1. The van der Waals surface area contributed by atoms with Gasteiger partial charge in [0, 0.05) is 92.9 Å². The summed E-state index contributed by atoms with van der Waals surface area (Å²) in [6, 6.07) is 16.5. The number of halogens is 3. The van der Waals surface area contributed by atoms with E-state index in [2.05, 4.69) is 11.8 Å². The molecule has 1 fully saturated rings. The van der Waals surface area contributed by atoms with Crippen LogP contribution in [0.4, 0.5) is 18.9 Å². The number of benzene rings is 3. The van der Waals surface area contributed by atoms with E-state index in [0.717, 1.165) is 47.7 Å². The number of hydrogen-bond donors (Lipinski definition) is 1. The summed E-state index contributed by atoms with van der Waals surface area (Å²) in [4.78, 5) is 48.9. The van der Waals surface area contributed by atoms with Crippen LogP contribution in [-0.4, -0.2) is 136 Å². The van der Waals surface area contributed by atoms with Gasteiger partial charge in [-0.25, -0.2) is 9.37 Å². The maximum Gasteiger partial charge on any atom is 0.430 e. The Balaban J connectivity index is 0.00000121. The molecule has 0 saturated heterocycles. The smallest absolute Gasteiger partial charge is 0.430 e. The fraction of sp³-hybridized carbons (Fsp3) is 0.519. The van der Waals surface area contributed by atoms with Crippen molar-refractivity contribution < 1.29 is 75.4 Å². The van der Waals surface area contributed by atoms with Crippen molar-refractivity contribution in [1.82, 2.24) is 4.58 Å². The fourth-order valence-electron chi connectivity index (χ4n) is 8.15. The van der Waals surface area contributed by atoms with Crippen molar-refractivity contribution in [2.24, 2.45) is 17.8 Å². The van der Waals surface area contributed by atoms with Crippen LogP contribution < -0.4 is 19.9 Å². The lowest BCUT2D eigenvalue weighted by atomic mass is 9.88. The number of anilines is 1. The maximum atomic E-state index is 13.4. The van der Waals surface area contributed by atoms with Crippen LogP contribution in [0.5, 0.6) is 0 Å². The van der Waals surface area contributed by atoms with E-state index in [0.29, 0.717) is 138 Å². The van der Waals surface area contributed by atoms with Gasteiger partial charge in [-0.3, -0.25) is 9.59 Å². The number of aromatic carboxylic acids is 1. The zero-order valence-electron chi connectivity index (χ0n) is 40.2. The number of alkyl halides is 3. The Bertz CT molecular complexity index is 2470. The Kier molecular flexibility index (Phi) is 21.7. The third-order valence-corrected chi connectivity index (χ3v) is 11.9. The predicted octanol–water partition coefficient (Wildman–Crippen LogP) is 6.11. The molecule has 2 aromatic rings. The summed E-state index contributed by atoms with van der Waals surface area (Å²) in [7, 11) is 7.79. The second-order valence-corrected chi connectivity index (χ2v) is 17.3. The number of carboxylic acid groups (broad SMARTS) is 2. The van der Waals surface area contributed by atoms with Gasteiger partial charge < -0.3 is 52.7 Å². The lowest BCUT2D eigenvalue weighted by Gasteiger charge is -2.19. The van der Waals surface area contributed by atoms with Crippen LogP contribution in [0.1, 0.15) is 72.1 Å². The number of carbonyl (C=O) groups excluding carboxylic acids is 3. The van der Waals surface area contributed by atoms with Gasteiger partial charge in [0.2, 0.25) is 5.36 Å². The van der Waals surface area contributed by atoms with E-state index in [4.69, 9.17) is 42.7 Å². The molecular formula is C52H63F3N2O13. The van der Waals surface area contributed by atoms with Crippen molar-refractivity contribution in [3.8, 4) is 34.3 Å². The lowest BCUT2D eigenvalue weighted by Crippen LogP contribution is -2.37. The molecule has 0 bridgehead atoms. The van der Waals surface area contributed by atoms with Gasteiger partial charge in [-0.05, 0) is 79.3 Å². The highest BCUT2D eigenvalue weighted by molar-refractivity contribution is 6.09. The molecule has 4 aliphatic rings. The van der Waals surface area contributed by atoms with Crippen molar-refractivity contribution in [3.63, 3.8) is 0 Å². The minimum absolute atomic E-state index is 0.0992. The summed E-state index contributed by atoms with van der Waals surface area (Å²) in [5.74, 6) is 4.58. The Hall–Kier alpha value is -5.84. The average molecular weight is 981 g/mol. The summed E-state index contributed by atoms with van der Waals surface area (Å²) < 4.78 is 73.5. The molecule has 1 unspecified atom stereocenters. The van der Waals surface area contributed by atoms with Gasteiger partial charge in [0.25, 0.3) is 0 Å². The first-order valence-electron chi connectivity index (χ1n) is 23.4. The number of carbonyl (C=O) groups is 4. The number of rotatable bonds is 26. The molecule has 1 N–H and O–H groups in total. The number of esters is 1. The average Bonchev–Trinajstić information content (AvgIpc) is 3.97. The minimum Gasteiger partial charge on any atom is -0.542 e. The largest absolute Gasteiger partial charge is 0.542 e. The Morgan fingerprint density at radius 3 is 1.84 bits per heavy atom. The van der Waals surface area contributed by atoms with Crippen molar-refractivity contribution in [2.75, 3.05) is 106 Å². The topological polar surface area (TPSA) is 186 Å². The molecule has 6 rings (SSSR count). The summed E-state index contributed by atoms with van der Waals surface area (Å²) in [6.07, 6.45) is 0.743. The number of ether oxygens (including phenoxy) is 6. The summed E-state index contributed by atoms with van der Waals surface area (Å²) in [5.41, 5.74) is 3.98. The van der Waals surface area contributed by atoms with Gasteiger partial charge in [0.1, 0.15) is 31.4 Å². The maximum absolute atomic E-state index is 13.4. The zero-order chi connectivity index (χ0) is 50.6. The van der Waals surface area contributed by atoms with Crippen LogP contribution in [0.3, 0.4) is 0 Å². The van der Waals surface area contributed by atoms with Crippen LogP contribution in [0, 0.1) is 29.6 Å². The second kappa shape index (κ2) is 27.5. The minimum atomic E-state index is -5.19. The third kappa shape index (κ3) is 16.9. The fourth-order valence-corrected chi connectivity index (χ4v) is 8.15. The lowest BCUT2D eigenvalue weighted by molar-refractivity contribution is -0.344. The molecule has 15 nitrogen and oxygen atoms in total. The molecule has 380 valence electrons. The number of Topliss-reactive ketones (excluding diaryl/α,β-unsaturated/α-hetero) is 1. The Morgan fingerprint density at radius 1 is 0.757 bits per heavy atom. The molecule has 3 aliphatic carbocycles. The quantitative estimate of drug-likeness (QED) is 0.0190. The summed E-state index contributed by atoms with van der Waals surface area (Å²) in [6.45, 7) is 4.86. The molecule has 2 aromatic carbocycles. The molecule has 3 atom stereocenters. The highest BCUT2D eigenvalue weighted by Gasteiger charge is 2.49. The molecule has 0 aromatic heterocycles. The van der Waals surface area contributed by atoms with Gasteiger partial charge in [0.05, 0.1) is 71.1 Å². The van der Waals surface area contributed by atoms with E-state index < -0.39 is 18.1 Å². The number of ketones is 1. The summed E-state index contributed by atoms with van der Waals surface area (Å²) >= 11 is 0. The number of aliphatic carboxylic acids is 1. The van der Waals surface area contributed by atoms with Crippen LogP contribution in [0.25, 0.3) is 33.4 Å².